The fourth-order valence-electron chi connectivity index (χ4n) is 1.26. The first kappa shape index (κ1) is 11.3. The van der Waals surface area contributed by atoms with Crippen molar-refractivity contribution in [3.63, 3.8) is 0 Å². The van der Waals surface area contributed by atoms with Crippen LogP contribution in [-0.4, -0.2) is 19.9 Å². The molecule has 0 saturated carbocycles. The molecule has 88 valence electrons. The highest BCUT2D eigenvalue weighted by Gasteiger charge is 2.13. The van der Waals surface area contributed by atoms with Crippen molar-refractivity contribution in [3.8, 4) is 11.6 Å². The fraction of sp³-hybridized carbons (Fsp3) is 0.200. The normalized spacial score (nSPS) is 10.4. The van der Waals surface area contributed by atoms with Crippen molar-refractivity contribution in [2.45, 2.75) is 13.8 Å². The number of rotatable bonds is 2. The van der Waals surface area contributed by atoms with Crippen LogP contribution >= 0.6 is 0 Å². The fourth-order valence-corrected chi connectivity index (χ4v) is 1.26. The minimum absolute atomic E-state index is 0.0725. The summed E-state index contributed by atoms with van der Waals surface area (Å²) < 4.78 is 13.5. The summed E-state index contributed by atoms with van der Waals surface area (Å²) in [5, 5.41) is 0. The zero-order valence-electron chi connectivity index (χ0n) is 9.40. The van der Waals surface area contributed by atoms with Crippen LogP contribution in [-0.2, 0) is 0 Å². The number of hydrogen-bond acceptors (Lipinski definition) is 6. The zero-order chi connectivity index (χ0) is 12.4. The number of nitrogens with one attached hydrogen (secondary N) is 1. The molecule has 0 saturated heterocycles. The smallest absolute Gasteiger partial charge is 0.200 e. The second kappa shape index (κ2) is 4.38. The largest absolute Gasteiger partial charge is 0.306 e. The van der Waals surface area contributed by atoms with Crippen molar-refractivity contribution in [3.05, 3.63) is 29.5 Å². The van der Waals surface area contributed by atoms with Gasteiger partial charge >= 0.3 is 0 Å². The summed E-state index contributed by atoms with van der Waals surface area (Å²) in [5.41, 5.74) is 3.28. The average Bonchev–Trinajstić information content (AvgIpc) is 2.33. The molecule has 2 rings (SSSR count). The second-order valence-electron chi connectivity index (χ2n) is 3.52. The molecule has 7 heteroatoms. The number of nitrogens with two attached hydrogens (primary N) is 1. The lowest BCUT2D eigenvalue weighted by molar-refractivity contribution is 0.606. The van der Waals surface area contributed by atoms with Gasteiger partial charge in [0.1, 0.15) is 0 Å². The molecule has 6 nitrogen and oxygen atoms in total. The molecule has 2 heterocycles. The standard InChI is InChI=1S/C10H11FN6/c1-5-3-13-9(14-4-5)10-15-6(2)7(11)8(16-10)17-12/h3-4H,12H2,1-2H3,(H,15,16,17). The molecule has 0 amide bonds. The van der Waals surface area contributed by atoms with Crippen LogP contribution in [0.15, 0.2) is 12.4 Å². The van der Waals surface area contributed by atoms with Crippen LogP contribution in [0.2, 0.25) is 0 Å². The Morgan fingerprint density at radius 2 is 1.76 bits per heavy atom. The van der Waals surface area contributed by atoms with Crippen molar-refractivity contribution in [2.24, 2.45) is 5.84 Å². The van der Waals surface area contributed by atoms with Gasteiger partial charge in [-0.1, -0.05) is 0 Å². The van der Waals surface area contributed by atoms with E-state index in [0.29, 0.717) is 5.82 Å². The SMILES string of the molecule is Cc1cnc(-c2nc(C)c(F)c(NN)n2)nc1. The van der Waals surface area contributed by atoms with Gasteiger partial charge in [-0.15, -0.1) is 0 Å². The minimum atomic E-state index is -0.580. The Labute approximate surface area is 97.1 Å². The molecule has 2 aromatic heterocycles. The Morgan fingerprint density at radius 1 is 1.12 bits per heavy atom. The van der Waals surface area contributed by atoms with Crippen molar-refractivity contribution < 1.29 is 4.39 Å². The lowest BCUT2D eigenvalue weighted by Gasteiger charge is -2.06. The molecular formula is C10H11FN6. The van der Waals surface area contributed by atoms with Crippen LogP contribution in [0.3, 0.4) is 0 Å². The van der Waals surface area contributed by atoms with Crippen LogP contribution in [0, 0.1) is 19.7 Å². The molecule has 0 atom stereocenters. The van der Waals surface area contributed by atoms with E-state index in [1.165, 1.54) is 6.92 Å². The molecule has 0 fully saturated rings. The Bertz CT molecular complexity index is 539. The quantitative estimate of drug-likeness (QED) is 0.594. The van der Waals surface area contributed by atoms with Gasteiger partial charge in [0, 0.05) is 12.4 Å². The van der Waals surface area contributed by atoms with Gasteiger partial charge in [0.05, 0.1) is 5.69 Å². The number of hydrogen-bond donors (Lipinski definition) is 2. The van der Waals surface area contributed by atoms with E-state index in [0.717, 1.165) is 5.56 Å². The number of anilines is 1. The summed E-state index contributed by atoms with van der Waals surface area (Å²) in [7, 11) is 0. The maximum absolute atomic E-state index is 13.5. The minimum Gasteiger partial charge on any atom is -0.306 e. The topological polar surface area (TPSA) is 89.6 Å². The van der Waals surface area contributed by atoms with E-state index in [9.17, 15) is 4.39 Å². The third-order valence-electron chi connectivity index (χ3n) is 2.13. The molecular weight excluding hydrogens is 223 g/mol. The summed E-state index contributed by atoms with van der Waals surface area (Å²) in [6, 6.07) is 0. The molecule has 0 aliphatic rings. The first-order valence-corrected chi connectivity index (χ1v) is 4.91. The van der Waals surface area contributed by atoms with Crippen molar-refractivity contribution in [2.75, 3.05) is 5.43 Å². The third kappa shape index (κ3) is 2.18. The van der Waals surface area contributed by atoms with E-state index in [2.05, 4.69) is 25.4 Å². The molecule has 0 unspecified atom stereocenters. The van der Waals surface area contributed by atoms with Gasteiger partial charge in [-0.25, -0.2) is 30.2 Å². The van der Waals surface area contributed by atoms with Gasteiger partial charge in [-0.2, -0.15) is 0 Å². The number of aromatic nitrogens is 4. The summed E-state index contributed by atoms with van der Waals surface area (Å²) in [5.74, 6) is 5.08. The second-order valence-corrected chi connectivity index (χ2v) is 3.52. The van der Waals surface area contributed by atoms with Crippen LogP contribution in [0.25, 0.3) is 11.6 Å². The predicted molar refractivity (Wildman–Crippen MR) is 60.3 cm³/mol. The van der Waals surface area contributed by atoms with Crippen LogP contribution in [0.4, 0.5) is 10.2 Å². The number of halogens is 1. The van der Waals surface area contributed by atoms with E-state index < -0.39 is 5.82 Å². The summed E-state index contributed by atoms with van der Waals surface area (Å²) in [6.45, 7) is 3.39. The summed E-state index contributed by atoms with van der Waals surface area (Å²) in [6.07, 6.45) is 3.28. The maximum atomic E-state index is 13.5. The zero-order valence-corrected chi connectivity index (χ0v) is 9.40. The molecule has 0 aromatic carbocycles. The van der Waals surface area contributed by atoms with Gasteiger partial charge in [-0.3, -0.25) is 0 Å². The van der Waals surface area contributed by atoms with Crippen LogP contribution < -0.4 is 11.3 Å². The first-order valence-electron chi connectivity index (χ1n) is 4.91. The van der Waals surface area contributed by atoms with Crippen LogP contribution in [0.1, 0.15) is 11.3 Å². The first-order chi connectivity index (χ1) is 8.11. The monoisotopic (exact) mass is 234 g/mol. The van der Waals surface area contributed by atoms with E-state index in [-0.39, 0.29) is 17.3 Å². The van der Waals surface area contributed by atoms with Gasteiger partial charge in [0.15, 0.2) is 23.3 Å². The number of nitrogens with zero attached hydrogens (tertiary/aromatic N) is 4. The highest BCUT2D eigenvalue weighted by Crippen LogP contribution is 2.17. The summed E-state index contributed by atoms with van der Waals surface area (Å²) >= 11 is 0. The van der Waals surface area contributed by atoms with Crippen LogP contribution in [0.5, 0.6) is 0 Å². The molecule has 17 heavy (non-hydrogen) atoms. The third-order valence-corrected chi connectivity index (χ3v) is 2.13. The maximum Gasteiger partial charge on any atom is 0.200 e. The number of hydrazine groups is 1. The highest BCUT2D eigenvalue weighted by atomic mass is 19.1. The Morgan fingerprint density at radius 3 is 2.35 bits per heavy atom. The van der Waals surface area contributed by atoms with Gasteiger partial charge in [0.2, 0.25) is 0 Å². The molecule has 0 bridgehead atoms. The molecule has 0 radical (unpaired) electrons. The lowest BCUT2D eigenvalue weighted by atomic mass is 10.3. The molecule has 0 spiro atoms. The Balaban J connectivity index is 2.52. The van der Waals surface area contributed by atoms with E-state index in [4.69, 9.17) is 5.84 Å². The van der Waals surface area contributed by atoms with Crippen molar-refractivity contribution >= 4 is 5.82 Å². The lowest BCUT2D eigenvalue weighted by Crippen LogP contribution is -2.13. The molecule has 0 aliphatic heterocycles. The highest BCUT2D eigenvalue weighted by molar-refractivity contribution is 5.49. The average molecular weight is 234 g/mol. The predicted octanol–water partition coefficient (Wildman–Crippen LogP) is 0.975. The molecule has 3 N–H and O–H groups in total. The molecule has 2 aromatic rings. The Kier molecular flexibility index (Phi) is 2.92. The number of nitrogen functional groups attached to an aromatic ring is 1. The van der Waals surface area contributed by atoms with E-state index in [1.807, 2.05) is 6.92 Å². The van der Waals surface area contributed by atoms with Gasteiger partial charge in [0.25, 0.3) is 0 Å². The van der Waals surface area contributed by atoms with Gasteiger partial charge < -0.3 is 5.43 Å². The summed E-state index contributed by atoms with van der Waals surface area (Å²) in [4.78, 5) is 16.0. The van der Waals surface area contributed by atoms with E-state index in [1.54, 1.807) is 12.4 Å². The number of aryl methyl sites for hydroxylation is 2. The van der Waals surface area contributed by atoms with E-state index >= 15 is 0 Å². The molecule has 0 aliphatic carbocycles. The van der Waals surface area contributed by atoms with Crippen molar-refractivity contribution in [1.82, 2.24) is 19.9 Å². The van der Waals surface area contributed by atoms with Crippen molar-refractivity contribution in [1.29, 1.82) is 0 Å². The Hall–Kier alpha value is -2.15. The van der Waals surface area contributed by atoms with Gasteiger partial charge in [-0.05, 0) is 19.4 Å².